The molecule has 21 heavy (non-hydrogen) atoms. The van der Waals surface area contributed by atoms with Crippen molar-refractivity contribution in [3.8, 4) is 0 Å². The normalized spacial score (nSPS) is 20.6. The smallest absolute Gasteiger partial charge is 0.245 e. The van der Waals surface area contributed by atoms with Crippen molar-refractivity contribution in [2.45, 2.75) is 37.2 Å². The van der Waals surface area contributed by atoms with Crippen molar-refractivity contribution in [1.82, 2.24) is 4.31 Å². The second kappa shape index (κ2) is 6.72. The third kappa shape index (κ3) is 3.72. The number of nitrogens with zero attached hydrogens (tertiary/aromatic N) is 1. The van der Waals surface area contributed by atoms with E-state index >= 15 is 0 Å². The largest absolute Gasteiger partial charge is 0.398 e. The van der Waals surface area contributed by atoms with E-state index in [0.717, 1.165) is 31.4 Å². The van der Waals surface area contributed by atoms with Crippen LogP contribution in [0.4, 0.5) is 10.1 Å². The maximum absolute atomic E-state index is 13.3. The highest BCUT2D eigenvalue weighted by Gasteiger charge is 2.32. The highest BCUT2D eigenvalue weighted by Crippen LogP contribution is 2.26. The summed E-state index contributed by atoms with van der Waals surface area (Å²) in [6, 6.07) is 3.40. The Balaban J connectivity index is 2.20. The topological polar surface area (TPSA) is 72.6 Å². The first kappa shape index (κ1) is 16.2. The third-order valence-corrected chi connectivity index (χ3v) is 5.41. The lowest BCUT2D eigenvalue weighted by Crippen LogP contribution is -2.43. The van der Waals surface area contributed by atoms with E-state index in [-0.39, 0.29) is 23.2 Å². The summed E-state index contributed by atoms with van der Waals surface area (Å²) < 4.78 is 45.5. The molecule has 1 unspecified atom stereocenters. The fourth-order valence-electron chi connectivity index (χ4n) is 2.41. The van der Waals surface area contributed by atoms with Gasteiger partial charge in [0.1, 0.15) is 10.7 Å². The molecule has 1 aromatic rings. The first-order valence-corrected chi connectivity index (χ1v) is 8.56. The van der Waals surface area contributed by atoms with Gasteiger partial charge in [0.15, 0.2) is 0 Å². The summed E-state index contributed by atoms with van der Waals surface area (Å²) in [4.78, 5) is -0.168. The molecule has 7 heteroatoms. The number of rotatable bonds is 5. The van der Waals surface area contributed by atoms with Gasteiger partial charge in [0.2, 0.25) is 10.0 Å². The molecule has 0 amide bonds. The van der Waals surface area contributed by atoms with Crippen LogP contribution in [0.25, 0.3) is 0 Å². The average molecular weight is 316 g/mol. The van der Waals surface area contributed by atoms with Crippen LogP contribution in [0.15, 0.2) is 23.1 Å². The number of halogens is 1. The molecular weight excluding hydrogens is 295 g/mol. The molecular formula is C14H21FN2O3S. The molecule has 0 radical (unpaired) electrons. The Labute approximate surface area is 124 Å². The van der Waals surface area contributed by atoms with Crippen molar-refractivity contribution < 1.29 is 17.5 Å². The quantitative estimate of drug-likeness (QED) is 0.843. The van der Waals surface area contributed by atoms with Gasteiger partial charge in [-0.3, -0.25) is 0 Å². The zero-order valence-corrected chi connectivity index (χ0v) is 12.9. The van der Waals surface area contributed by atoms with Crippen molar-refractivity contribution >= 4 is 15.7 Å². The summed E-state index contributed by atoms with van der Waals surface area (Å²) in [6.07, 6.45) is 2.34. The molecule has 1 fully saturated rings. The highest BCUT2D eigenvalue weighted by molar-refractivity contribution is 7.89. The Kier molecular flexibility index (Phi) is 5.18. The molecule has 118 valence electrons. The number of sulfonamides is 1. The fourth-order valence-corrected chi connectivity index (χ4v) is 4.05. The van der Waals surface area contributed by atoms with Gasteiger partial charge in [-0.2, -0.15) is 4.31 Å². The molecule has 2 rings (SSSR count). The minimum atomic E-state index is -3.78. The summed E-state index contributed by atoms with van der Waals surface area (Å²) in [5, 5.41) is 0. The van der Waals surface area contributed by atoms with Crippen molar-refractivity contribution in [2.75, 3.05) is 25.4 Å². The van der Waals surface area contributed by atoms with Crippen LogP contribution in [-0.4, -0.2) is 38.5 Å². The Hall–Kier alpha value is -1.18. The van der Waals surface area contributed by atoms with E-state index in [4.69, 9.17) is 10.5 Å². The fraction of sp³-hybridized carbons (Fsp3) is 0.571. The Bertz CT molecular complexity index is 592. The number of ether oxygens (including phenoxy) is 1. The molecule has 1 saturated heterocycles. The Morgan fingerprint density at radius 2 is 2.24 bits per heavy atom. The highest BCUT2D eigenvalue weighted by atomic mass is 32.2. The summed E-state index contributed by atoms with van der Waals surface area (Å²) >= 11 is 0. The van der Waals surface area contributed by atoms with Crippen LogP contribution in [0.3, 0.4) is 0 Å². The number of hydrogen-bond acceptors (Lipinski definition) is 4. The van der Waals surface area contributed by atoms with Crippen LogP contribution >= 0.6 is 0 Å². The monoisotopic (exact) mass is 316 g/mol. The van der Waals surface area contributed by atoms with Crippen LogP contribution in [-0.2, 0) is 14.8 Å². The van der Waals surface area contributed by atoms with E-state index in [0.29, 0.717) is 13.2 Å². The van der Waals surface area contributed by atoms with Gasteiger partial charge in [-0.05, 0) is 37.5 Å². The van der Waals surface area contributed by atoms with Gasteiger partial charge in [-0.1, -0.05) is 6.92 Å². The van der Waals surface area contributed by atoms with Crippen molar-refractivity contribution in [3.05, 3.63) is 24.0 Å². The predicted molar refractivity (Wildman–Crippen MR) is 78.8 cm³/mol. The molecule has 0 aliphatic carbocycles. The number of benzene rings is 1. The van der Waals surface area contributed by atoms with Crippen molar-refractivity contribution in [2.24, 2.45) is 0 Å². The van der Waals surface area contributed by atoms with E-state index in [9.17, 15) is 12.8 Å². The first-order chi connectivity index (χ1) is 9.95. The van der Waals surface area contributed by atoms with E-state index in [1.807, 2.05) is 6.92 Å². The second-order valence-electron chi connectivity index (χ2n) is 5.18. The second-order valence-corrected chi connectivity index (χ2v) is 7.09. The lowest BCUT2D eigenvalue weighted by atomic mass is 10.1. The number of nitrogen functional groups attached to an aromatic ring is 1. The SMILES string of the molecule is CCCOC1CCCN(S(=O)(=O)c2cc(F)ccc2N)C1. The van der Waals surface area contributed by atoms with Gasteiger partial charge >= 0.3 is 0 Å². The van der Waals surface area contributed by atoms with Gasteiger partial charge in [0.25, 0.3) is 0 Å². The summed E-state index contributed by atoms with van der Waals surface area (Å²) in [5.41, 5.74) is 5.76. The Morgan fingerprint density at radius 3 is 2.95 bits per heavy atom. The molecule has 1 aromatic carbocycles. The van der Waals surface area contributed by atoms with Gasteiger partial charge in [0, 0.05) is 19.7 Å². The van der Waals surface area contributed by atoms with E-state index < -0.39 is 15.8 Å². The van der Waals surface area contributed by atoms with E-state index in [2.05, 4.69) is 0 Å². The summed E-state index contributed by atoms with van der Waals surface area (Å²) in [6.45, 7) is 3.31. The Morgan fingerprint density at radius 1 is 1.48 bits per heavy atom. The number of nitrogens with two attached hydrogens (primary N) is 1. The van der Waals surface area contributed by atoms with Gasteiger partial charge < -0.3 is 10.5 Å². The zero-order valence-electron chi connectivity index (χ0n) is 12.1. The van der Waals surface area contributed by atoms with Gasteiger partial charge in [0.05, 0.1) is 11.8 Å². The zero-order chi connectivity index (χ0) is 15.5. The number of hydrogen-bond donors (Lipinski definition) is 1. The van der Waals surface area contributed by atoms with E-state index in [1.165, 1.54) is 10.4 Å². The van der Waals surface area contributed by atoms with Crippen molar-refractivity contribution in [3.63, 3.8) is 0 Å². The minimum absolute atomic E-state index is 0.0630. The van der Waals surface area contributed by atoms with Gasteiger partial charge in [-0.25, -0.2) is 12.8 Å². The van der Waals surface area contributed by atoms with Crippen LogP contribution in [0.5, 0.6) is 0 Å². The third-order valence-electron chi connectivity index (χ3n) is 3.49. The number of piperidine rings is 1. The minimum Gasteiger partial charge on any atom is -0.398 e. The predicted octanol–water partition coefficient (Wildman–Crippen LogP) is 1.99. The molecule has 0 aromatic heterocycles. The molecule has 0 saturated carbocycles. The first-order valence-electron chi connectivity index (χ1n) is 7.12. The average Bonchev–Trinajstić information content (AvgIpc) is 2.48. The molecule has 0 spiro atoms. The molecule has 2 N–H and O–H groups in total. The molecule has 1 atom stereocenters. The number of anilines is 1. The van der Waals surface area contributed by atoms with Crippen LogP contribution in [0, 0.1) is 5.82 Å². The maximum atomic E-state index is 13.3. The van der Waals surface area contributed by atoms with Crippen LogP contribution in [0.2, 0.25) is 0 Å². The van der Waals surface area contributed by atoms with Crippen LogP contribution < -0.4 is 5.73 Å². The van der Waals surface area contributed by atoms with Crippen molar-refractivity contribution in [1.29, 1.82) is 0 Å². The van der Waals surface area contributed by atoms with E-state index in [1.54, 1.807) is 0 Å². The lowest BCUT2D eigenvalue weighted by Gasteiger charge is -2.32. The summed E-state index contributed by atoms with van der Waals surface area (Å²) in [5.74, 6) is -0.612. The molecule has 1 aliphatic rings. The molecule has 1 aliphatic heterocycles. The summed E-state index contributed by atoms with van der Waals surface area (Å²) in [7, 11) is -3.78. The molecule has 5 nitrogen and oxygen atoms in total. The molecule has 0 bridgehead atoms. The van der Waals surface area contributed by atoms with Crippen LogP contribution in [0.1, 0.15) is 26.2 Å². The lowest BCUT2D eigenvalue weighted by molar-refractivity contribution is 0.0193. The maximum Gasteiger partial charge on any atom is 0.245 e. The standard InChI is InChI=1S/C14H21FN2O3S/c1-2-8-20-12-4-3-7-17(10-12)21(18,19)14-9-11(15)5-6-13(14)16/h5-6,9,12H,2-4,7-8,10,16H2,1H3. The van der Waals surface area contributed by atoms with Gasteiger partial charge in [-0.15, -0.1) is 0 Å². The molecule has 1 heterocycles.